The van der Waals surface area contributed by atoms with E-state index >= 15 is 0 Å². The van der Waals surface area contributed by atoms with Crippen LogP contribution in [-0.4, -0.2) is 39.8 Å². The van der Waals surface area contributed by atoms with Gasteiger partial charge in [-0.15, -0.1) is 11.3 Å². The van der Waals surface area contributed by atoms with Crippen molar-refractivity contribution in [2.45, 2.75) is 44.1 Å². The van der Waals surface area contributed by atoms with Crippen molar-refractivity contribution < 1.29 is 23.2 Å². The quantitative estimate of drug-likeness (QED) is 0.679. The number of thiazole rings is 1. The second kappa shape index (κ2) is 8.10. The van der Waals surface area contributed by atoms with Crippen LogP contribution < -0.4 is 10.6 Å². The number of carbonyl (C=O) groups excluding carboxylic acids is 3. The summed E-state index contributed by atoms with van der Waals surface area (Å²) in [5, 5.41) is 7.43. The molecular weight excluding hydrogens is 414 g/mol. The molecule has 4 rings (SSSR count). The first-order valence-electron chi connectivity index (χ1n) is 9.73. The molecular formula is C20H20F2N4O3S. The number of nitrogens with zero attached hydrogens (tertiary/aromatic N) is 2. The summed E-state index contributed by atoms with van der Waals surface area (Å²) in [6.45, 7) is 0.178. The number of urea groups is 1. The van der Waals surface area contributed by atoms with E-state index in [0.29, 0.717) is 35.7 Å². The number of carbonyl (C=O) groups is 3. The number of imide groups is 1. The maximum atomic E-state index is 13.4. The summed E-state index contributed by atoms with van der Waals surface area (Å²) < 4.78 is 26.4. The van der Waals surface area contributed by atoms with Crippen LogP contribution in [0.4, 0.5) is 18.7 Å². The fraction of sp³-hybridized carbons (Fsp3) is 0.400. The highest BCUT2D eigenvalue weighted by Gasteiger charge is 2.52. The van der Waals surface area contributed by atoms with Crippen LogP contribution in [0, 0.1) is 11.6 Å². The van der Waals surface area contributed by atoms with E-state index in [0.717, 1.165) is 25.0 Å². The number of hydrogen-bond donors (Lipinski definition) is 2. The number of nitrogens with one attached hydrogen (secondary N) is 2. The average Bonchev–Trinajstić information content (AvgIpc) is 3.41. The minimum absolute atomic E-state index is 0.115. The van der Waals surface area contributed by atoms with Gasteiger partial charge in [0.1, 0.15) is 5.54 Å². The Bertz CT molecular complexity index is 1000. The molecule has 1 aromatic carbocycles. The van der Waals surface area contributed by atoms with Crippen LogP contribution in [0.5, 0.6) is 0 Å². The molecule has 1 spiro atoms. The number of aromatic nitrogens is 1. The minimum atomic E-state index is -0.967. The lowest BCUT2D eigenvalue weighted by atomic mass is 9.98. The molecule has 0 atom stereocenters. The molecule has 158 valence electrons. The Morgan fingerprint density at radius 2 is 2.00 bits per heavy atom. The van der Waals surface area contributed by atoms with Gasteiger partial charge in [0, 0.05) is 23.9 Å². The van der Waals surface area contributed by atoms with Crippen LogP contribution in [0.2, 0.25) is 0 Å². The van der Waals surface area contributed by atoms with Crippen molar-refractivity contribution in [3.05, 3.63) is 35.2 Å². The van der Waals surface area contributed by atoms with Crippen LogP contribution in [0.25, 0.3) is 11.3 Å². The lowest BCUT2D eigenvalue weighted by Gasteiger charge is -2.19. The van der Waals surface area contributed by atoms with Crippen LogP contribution in [0.15, 0.2) is 23.6 Å². The van der Waals surface area contributed by atoms with Gasteiger partial charge in [0.25, 0.3) is 5.91 Å². The Hall–Kier alpha value is -2.88. The van der Waals surface area contributed by atoms with E-state index in [4.69, 9.17) is 0 Å². The molecule has 10 heteroatoms. The van der Waals surface area contributed by atoms with Gasteiger partial charge in [-0.05, 0) is 37.5 Å². The number of hydrogen-bond acceptors (Lipinski definition) is 5. The zero-order valence-corrected chi connectivity index (χ0v) is 16.9. The van der Waals surface area contributed by atoms with E-state index in [2.05, 4.69) is 15.6 Å². The molecule has 7 nitrogen and oxygen atoms in total. The van der Waals surface area contributed by atoms with Crippen molar-refractivity contribution in [2.75, 3.05) is 11.9 Å². The largest absolute Gasteiger partial charge is 0.325 e. The summed E-state index contributed by atoms with van der Waals surface area (Å²) in [4.78, 5) is 42.3. The molecule has 1 saturated carbocycles. The van der Waals surface area contributed by atoms with Gasteiger partial charge in [0.15, 0.2) is 16.8 Å². The maximum Gasteiger partial charge on any atom is 0.325 e. The number of rotatable bonds is 6. The zero-order valence-electron chi connectivity index (χ0n) is 16.0. The fourth-order valence-corrected chi connectivity index (χ4v) is 4.63. The zero-order chi connectivity index (χ0) is 21.3. The molecule has 1 saturated heterocycles. The Morgan fingerprint density at radius 3 is 2.73 bits per heavy atom. The lowest BCUT2D eigenvalue weighted by Crippen LogP contribution is -2.44. The molecule has 2 aliphatic rings. The Labute approximate surface area is 175 Å². The van der Waals surface area contributed by atoms with Gasteiger partial charge < -0.3 is 10.6 Å². The molecule has 2 heterocycles. The van der Waals surface area contributed by atoms with Gasteiger partial charge in [0.05, 0.1) is 5.69 Å². The second-order valence-corrected chi connectivity index (χ2v) is 8.35. The maximum absolute atomic E-state index is 13.4. The van der Waals surface area contributed by atoms with Gasteiger partial charge in [-0.25, -0.2) is 18.6 Å². The van der Waals surface area contributed by atoms with E-state index in [9.17, 15) is 23.2 Å². The molecule has 0 unspecified atom stereocenters. The molecule has 4 amide bonds. The first-order valence-corrected chi connectivity index (χ1v) is 10.6. The van der Waals surface area contributed by atoms with Crippen molar-refractivity contribution in [3.63, 3.8) is 0 Å². The number of anilines is 1. The van der Waals surface area contributed by atoms with Gasteiger partial charge in [-0.3, -0.25) is 14.5 Å². The monoisotopic (exact) mass is 434 g/mol. The number of amides is 4. The average molecular weight is 434 g/mol. The van der Waals surface area contributed by atoms with Gasteiger partial charge in [0.2, 0.25) is 5.91 Å². The SMILES string of the molecule is O=C(CCCN1C(=O)NC2(CCCC2)C1=O)Nc1nc(-c2ccc(F)c(F)c2)cs1. The fourth-order valence-electron chi connectivity index (χ4n) is 3.90. The molecule has 1 aromatic heterocycles. The van der Waals surface area contributed by atoms with E-state index in [1.165, 1.54) is 22.3 Å². The van der Waals surface area contributed by atoms with Crippen LogP contribution in [-0.2, 0) is 9.59 Å². The van der Waals surface area contributed by atoms with Crippen molar-refractivity contribution in [1.29, 1.82) is 0 Å². The molecule has 2 N–H and O–H groups in total. The van der Waals surface area contributed by atoms with Crippen LogP contribution in [0.3, 0.4) is 0 Å². The van der Waals surface area contributed by atoms with E-state index in [1.807, 2.05) is 0 Å². The highest BCUT2D eigenvalue weighted by Crippen LogP contribution is 2.35. The summed E-state index contributed by atoms with van der Waals surface area (Å²) in [7, 11) is 0. The first-order chi connectivity index (χ1) is 14.4. The second-order valence-electron chi connectivity index (χ2n) is 7.49. The van der Waals surface area contributed by atoms with Gasteiger partial charge in [-0.2, -0.15) is 0 Å². The van der Waals surface area contributed by atoms with E-state index in [1.54, 1.807) is 5.38 Å². The summed E-state index contributed by atoms with van der Waals surface area (Å²) in [5.41, 5.74) is 0.0941. The van der Waals surface area contributed by atoms with E-state index < -0.39 is 23.2 Å². The lowest BCUT2D eigenvalue weighted by molar-refractivity contribution is -0.131. The summed E-state index contributed by atoms with van der Waals surface area (Å²) in [6.07, 6.45) is 3.62. The normalized spacial score (nSPS) is 17.6. The number of benzene rings is 1. The Balaban J connectivity index is 1.28. The van der Waals surface area contributed by atoms with Gasteiger partial charge in [-0.1, -0.05) is 12.8 Å². The van der Waals surface area contributed by atoms with Crippen molar-refractivity contribution in [1.82, 2.24) is 15.2 Å². The van der Waals surface area contributed by atoms with Crippen molar-refractivity contribution in [2.24, 2.45) is 0 Å². The minimum Gasteiger partial charge on any atom is -0.323 e. The van der Waals surface area contributed by atoms with E-state index in [-0.39, 0.29) is 24.8 Å². The Morgan fingerprint density at radius 1 is 1.23 bits per heavy atom. The highest BCUT2D eigenvalue weighted by atomic mass is 32.1. The Kier molecular flexibility index (Phi) is 5.50. The van der Waals surface area contributed by atoms with Crippen molar-refractivity contribution in [3.8, 4) is 11.3 Å². The molecule has 30 heavy (non-hydrogen) atoms. The third-order valence-electron chi connectivity index (χ3n) is 5.45. The molecule has 2 aromatic rings. The highest BCUT2D eigenvalue weighted by molar-refractivity contribution is 7.14. The molecule has 2 fully saturated rings. The standard InChI is InChI=1S/C20H20F2N4O3S/c21-13-6-5-12(10-14(13)22)15-11-30-18(23-15)24-16(27)4-3-9-26-17(28)20(25-19(26)29)7-1-2-8-20/h5-6,10-11H,1-4,7-9H2,(H,25,29)(H,23,24,27). The molecule has 0 radical (unpaired) electrons. The summed E-state index contributed by atoms with van der Waals surface area (Å²) in [5.74, 6) is -2.40. The first kappa shape index (κ1) is 20.4. The summed E-state index contributed by atoms with van der Waals surface area (Å²) in [6, 6.07) is 3.09. The third kappa shape index (κ3) is 3.91. The van der Waals surface area contributed by atoms with Gasteiger partial charge >= 0.3 is 6.03 Å². The topological polar surface area (TPSA) is 91.4 Å². The molecule has 1 aliphatic heterocycles. The number of halogens is 2. The summed E-state index contributed by atoms with van der Waals surface area (Å²) >= 11 is 1.17. The molecule has 1 aliphatic carbocycles. The predicted molar refractivity (Wildman–Crippen MR) is 107 cm³/mol. The van der Waals surface area contributed by atoms with Crippen LogP contribution >= 0.6 is 11.3 Å². The van der Waals surface area contributed by atoms with Crippen molar-refractivity contribution >= 4 is 34.3 Å². The third-order valence-corrected chi connectivity index (χ3v) is 6.21. The van der Waals surface area contributed by atoms with Crippen LogP contribution in [0.1, 0.15) is 38.5 Å². The molecule has 0 bridgehead atoms. The smallest absolute Gasteiger partial charge is 0.323 e. The predicted octanol–water partition coefficient (Wildman–Crippen LogP) is 3.67.